The molecule has 3 heteroatoms. The van der Waals surface area contributed by atoms with Crippen molar-refractivity contribution in [3.05, 3.63) is 12.2 Å². The van der Waals surface area contributed by atoms with E-state index in [0.29, 0.717) is 6.42 Å². The Morgan fingerprint density at radius 1 is 0.810 bits per heavy atom. The second kappa shape index (κ2) is 19.8. The molecule has 0 aromatic rings. The van der Waals surface area contributed by atoms with Gasteiger partial charge in [-0.15, -0.1) is 0 Å². The minimum Gasteiger partial charge on any atom is -1.00 e. The average molecular weight is 290 g/mol. The number of rotatable bonds is 15. The molecule has 0 rings (SSSR count). The summed E-state index contributed by atoms with van der Waals surface area (Å²) in [6, 6.07) is 0. The number of aliphatic carboxylic acids is 1. The summed E-state index contributed by atoms with van der Waals surface area (Å²) in [7, 11) is 0. The second-order valence-electron chi connectivity index (χ2n) is 5.73. The van der Waals surface area contributed by atoms with E-state index in [1.165, 1.54) is 70.6 Å². The molecule has 0 aromatic carbocycles. The van der Waals surface area contributed by atoms with Crippen LogP contribution in [0, 0.1) is 0 Å². The molecule has 2 nitrogen and oxygen atoms in total. The predicted molar refractivity (Wildman–Crippen MR) is 88.2 cm³/mol. The molecule has 0 aliphatic carbocycles. The van der Waals surface area contributed by atoms with Crippen molar-refractivity contribution < 1.29 is 30.2 Å². The Hall–Kier alpha value is -0.193. The van der Waals surface area contributed by atoms with Gasteiger partial charge in [-0.25, -0.2) is 0 Å². The Bertz CT molecular complexity index is 245. The van der Waals surface area contributed by atoms with E-state index in [4.69, 9.17) is 5.11 Å². The molecular formula is C18H35LiO2. The van der Waals surface area contributed by atoms with Crippen LogP contribution in [0.25, 0.3) is 0 Å². The predicted octanol–water partition coefficient (Wildman–Crippen LogP) is 3.23. The summed E-state index contributed by atoms with van der Waals surface area (Å²) in [5.41, 5.74) is 0. The fourth-order valence-electron chi connectivity index (χ4n) is 2.35. The fourth-order valence-corrected chi connectivity index (χ4v) is 2.35. The third-order valence-corrected chi connectivity index (χ3v) is 3.65. The van der Waals surface area contributed by atoms with Crippen LogP contribution in [0.15, 0.2) is 12.2 Å². The first kappa shape index (κ1) is 23.1. The number of hydrogen-bond donors (Lipinski definition) is 1. The van der Waals surface area contributed by atoms with Crippen LogP contribution in [-0.4, -0.2) is 11.1 Å². The summed E-state index contributed by atoms with van der Waals surface area (Å²) in [5, 5.41) is 8.51. The van der Waals surface area contributed by atoms with Crippen LogP contribution in [0.1, 0.15) is 98.2 Å². The Labute approximate surface area is 145 Å². The van der Waals surface area contributed by atoms with Crippen LogP contribution in [0.3, 0.4) is 0 Å². The van der Waals surface area contributed by atoms with Gasteiger partial charge in [0.15, 0.2) is 0 Å². The van der Waals surface area contributed by atoms with Crippen LogP contribution < -0.4 is 18.9 Å². The van der Waals surface area contributed by atoms with Gasteiger partial charge in [0.1, 0.15) is 0 Å². The molecule has 0 unspecified atom stereocenters. The maximum absolute atomic E-state index is 10.3. The van der Waals surface area contributed by atoms with Crippen molar-refractivity contribution in [3.8, 4) is 0 Å². The van der Waals surface area contributed by atoms with Gasteiger partial charge < -0.3 is 6.53 Å². The van der Waals surface area contributed by atoms with Crippen molar-refractivity contribution in [2.75, 3.05) is 0 Å². The average Bonchev–Trinajstić information content (AvgIpc) is 2.43. The molecule has 0 aromatic heterocycles. The van der Waals surface area contributed by atoms with Crippen molar-refractivity contribution in [3.63, 3.8) is 0 Å². The van der Waals surface area contributed by atoms with E-state index in [0.717, 1.165) is 12.8 Å². The monoisotopic (exact) mass is 290 g/mol. The third-order valence-electron chi connectivity index (χ3n) is 3.65. The summed E-state index contributed by atoms with van der Waals surface area (Å²) in [5.74, 6) is -0.664. The van der Waals surface area contributed by atoms with E-state index in [2.05, 4.69) is 19.1 Å². The number of carbonyl (C=O) groups is 1. The molecule has 0 amide bonds. The molecular weight excluding hydrogens is 255 g/mol. The van der Waals surface area contributed by atoms with Crippen LogP contribution >= 0.6 is 0 Å². The smallest absolute Gasteiger partial charge is 1.00 e. The van der Waals surface area contributed by atoms with E-state index < -0.39 is 5.97 Å². The van der Waals surface area contributed by atoms with Crippen molar-refractivity contribution in [2.45, 2.75) is 96.8 Å². The normalized spacial score (nSPS) is 10.7. The van der Waals surface area contributed by atoms with Gasteiger partial charge in [0.2, 0.25) is 0 Å². The number of unbranched alkanes of at least 4 members (excludes halogenated alkanes) is 11. The van der Waals surface area contributed by atoms with E-state index in [1.54, 1.807) is 0 Å². The summed E-state index contributed by atoms with van der Waals surface area (Å²) in [6.45, 7) is 2.26. The quantitative estimate of drug-likeness (QED) is 0.286. The molecule has 21 heavy (non-hydrogen) atoms. The molecule has 0 radical (unpaired) electrons. The molecule has 0 atom stereocenters. The van der Waals surface area contributed by atoms with E-state index in [9.17, 15) is 4.79 Å². The largest absolute Gasteiger partial charge is 1.00 e. The third kappa shape index (κ3) is 22.2. The summed E-state index contributed by atoms with van der Waals surface area (Å²) in [6.07, 6.45) is 21.2. The molecule has 0 bridgehead atoms. The van der Waals surface area contributed by atoms with Crippen LogP contribution in [0.2, 0.25) is 0 Å². The summed E-state index contributed by atoms with van der Waals surface area (Å²) in [4.78, 5) is 10.3. The molecule has 1 N–H and O–H groups in total. The maximum atomic E-state index is 10.3. The molecule has 0 saturated heterocycles. The number of allylic oxidation sites excluding steroid dienone is 2. The van der Waals surface area contributed by atoms with Crippen molar-refractivity contribution in [1.29, 1.82) is 0 Å². The van der Waals surface area contributed by atoms with E-state index >= 15 is 0 Å². The van der Waals surface area contributed by atoms with Crippen molar-refractivity contribution in [2.24, 2.45) is 0 Å². The molecule has 0 fully saturated rings. The van der Waals surface area contributed by atoms with Crippen LogP contribution in [0.5, 0.6) is 0 Å². The van der Waals surface area contributed by atoms with Crippen LogP contribution in [0.4, 0.5) is 0 Å². The molecule has 0 heterocycles. The van der Waals surface area contributed by atoms with Crippen LogP contribution in [-0.2, 0) is 4.79 Å². The Balaban J connectivity index is -0.00000180. The molecule has 0 aliphatic rings. The summed E-state index contributed by atoms with van der Waals surface area (Å²) >= 11 is 0. The Morgan fingerprint density at radius 2 is 1.24 bits per heavy atom. The van der Waals surface area contributed by atoms with Gasteiger partial charge in [-0.1, -0.05) is 70.4 Å². The van der Waals surface area contributed by atoms with Gasteiger partial charge >= 0.3 is 24.8 Å². The van der Waals surface area contributed by atoms with Gasteiger partial charge in [0, 0.05) is 6.42 Å². The molecule has 120 valence electrons. The molecule has 0 aliphatic heterocycles. The SMILES string of the molecule is CCCCCCCC/C=C/CCCCCCCC(=O)O.[H-].[Li+]. The van der Waals surface area contributed by atoms with Gasteiger partial charge in [-0.05, 0) is 32.1 Å². The topological polar surface area (TPSA) is 37.3 Å². The second-order valence-corrected chi connectivity index (χ2v) is 5.73. The fraction of sp³-hybridized carbons (Fsp3) is 0.833. The number of hydrogen-bond acceptors (Lipinski definition) is 1. The maximum Gasteiger partial charge on any atom is 1.00 e. The van der Waals surface area contributed by atoms with Crippen molar-refractivity contribution >= 4 is 5.97 Å². The van der Waals surface area contributed by atoms with E-state index in [1.807, 2.05) is 0 Å². The minimum absolute atomic E-state index is 0. The minimum atomic E-state index is -0.664. The van der Waals surface area contributed by atoms with E-state index in [-0.39, 0.29) is 20.3 Å². The molecule has 0 saturated carbocycles. The van der Waals surface area contributed by atoms with Gasteiger partial charge in [0.25, 0.3) is 0 Å². The first-order valence-corrected chi connectivity index (χ1v) is 8.64. The molecule has 0 spiro atoms. The summed E-state index contributed by atoms with van der Waals surface area (Å²) < 4.78 is 0. The zero-order valence-corrected chi connectivity index (χ0v) is 14.4. The van der Waals surface area contributed by atoms with Crippen molar-refractivity contribution in [1.82, 2.24) is 0 Å². The standard InChI is InChI=1S/C18H34O2.Li.H/c1-2-3-4-5-6-7-8-9-10-11-12-13-14-15-16-17-18(19)20;;/h9-10H,2-8,11-17H2,1H3,(H,19,20);;/q;+1;-1/b10-9+;;. The zero-order chi connectivity index (χ0) is 14.9. The number of carboxylic acids is 1. The van der Waals surface area contributed by atoms with Gasteiger partial charge in [-0.2, -0.15) is 0 Å². The number of carboxylic acid groups (broad SMARTS) is 1. The zero-order valence-electron chi connectivity index (χ0n) is 15.4. The first-order chi connectivity index (χ1) is 9.77. The first-order valence-electron chi connectivity index (χ1n) is 8.64. The van der Waals surface area contributed by atoms with Gasteiger partial charge in [0.05, 0.1) is 0 Å². The van der Waals surface area contributed by atoms with Gasteiger partial charge in [-0.3, -0.25) is 4.79 Å². The Morgan fingerprint density at radius 3 is 1.71 bits per heavy atom. The Kier molecular flexibility index (Phi) is 21.8.